The maximum absolute atomic E-state index is 12.8. The molecule has 3 aromatic rings. The number of nitrogens with one attached hydrogen (secondary N) is 1. The van der Waals surface area contributed by atoms with Crippen molar-refractivity contribution >= 4 is 16.8 Å². The third-order valence-electron chi connectivity index (χ3n) is 4.26. The summed E-state index contributed by atoms with van der Waals surface area (Å²) in [4.78, 5) is 14.6. The first-order chi connectivity index (χ1) is 11.1. The molecule has 118 valence electrons. The molecule has 0 unspecified atom stereocenters. The second-order valence-electron chi connectivity index (χ2n) is 6.13. The normalized spacial score (nSPS) is 14.5. The van der Waals surface area contributed by atoms with Crippen LogP contribution in [-0.4, -0.2) is 42.3 Å². The zero-order chi connectivity index (χ0) is 16.0. The second kappa shape index (κ2) is 5.19. The number of fused-ring (bicyclic) bond motifs is 2. The Morgan fingerprint density at radius 1 is 1.22 bits per heavy atom. The fourth-order valence-electron chi connectivity index (χ4n) is 3.06. The molecule has 1 amide bonds. The molecule has 1 aliphatic rings. The molecule has 0 saturated heterocycles. The van der Waals surface area contributed by atoms with Gasteiger partial charge in [0.2, 0.25) is 0 Å². The standard InChI is InChI=1S/C16H18N6O/c1-10(2)15-20-18-13-9-21(7-8-22(13)15)16(23)14-11-5-3-4-6-12(11)17-19-14/h3-6,10H,7-9H2,1-2H3,(H,17,19). The summed E-state index contributed by atoms with van der Waals surface area (Å²) in [6.45, 7) is 6.05. The van der Waals surface area contributed by atoms with Gasteiger partial charge < -0.3 is 9.47 Å². The average Bonchev–Trinajstić information content (AvgIpc) is 3.17. The summed E-state index contributed by atoms with van der Waals surface area (Å²) in [5, 5.41) is 16.5. The number of hydrogen-bond acceptors (Lipinski definition) is 4. The molecule has 2 aromatic heterocycles. The lowest BCUT2D eigenvalue weighted by molar-refractivity contribution is 0.0702. The molecule has 0 spiro atoms. The minimum absolute atomic E-state index is 0.0669. The lowest BCUT2D eigenvalue weighted by Crippen LogP contribution is -2.39. The lowest BCUT2D eigenvalue weighted by Gasteiger charge is -2.27. The van der Waals surface area contributed by atoms with Crippen LogP contribution in [0.4, 0.5) is 0 Å². The highest BCUT2D eigenvalue weighted by Crippen LogP contribution is 2.21. The van der Waals surface area contributed by atoms with E-state index in [9.17, 15) is 4.79 Å². The van der Waals surface area contributed by atoms with E-state index in [0.717, 1.165) is 29.1 Å². The van der Waals surface area contributed by atoms with Gasteiger partial charge in [0.05, 0.1) is 12.1 Å². The van der Waals surface area contributed by atoms with E-state index in [2.05, 4.69) is 38.8 Å². The number of nitrogens with zero attached hydrogens (tertiary/aromatic N) is 5. The Bertz CT molecular complexity index is 878. The Morgan fingerprint density at radius 2 is 2.04 bits per heavy atom. The highest BCUT2D eigenvalue weighted by Gasteiger charge is 2.27. The molecule has 0 atom stereocenters. The molecule has 4 rings (SSSR count). The molecule has 1 N–H and O–H groups in total. The molecular formula is C16H18N6O. The van der Waals surface area contributed by atoms with Crippen molar-refractivity contribution in [1.82, 2.24) is 29.9 Å². The Kier molecular flexibility index (Phi) is 3.14. The number of amides is 1. The molecule has 0 radical (unpaired) electrons. The SMILES string of the molecule is CC(C)c1nnc2n1CCN(C(=O)c1n[nH]c3ccccc13)C2. The Labute approximate surface area is 133 Å². The number of para-hydroxylation sites is 1. The van der Waals surface area contributed by atoms with Gasteiger partial charge in [-0.2, -0.15) is 5.10 Å². The van der Waals surface area contributed by atoms with E-state index in [1.165, 1.54) is 0 Å². The summed E-state index contributed by atoms with van der Waals surface area (Å²) >= 11 is 0. The molecule has 1 aliphatic heterocycles. The molecule has 7 nitrogen and oxygen atoms in total. The van der Waals surface area contributed by atoms with Crippen LogP contribution < -0.4 is 0 Å². The van der Waals surface area contributed by atoms with E-state index in [1.807, 2.05) is 24.3 Å². The molecule has 0 aliphatic carbocycles. The molecule has 1 aromatic carbocycles. The molecule has 23 heavy (non-hydrogen) atoms. The molecule has 7 heteroatoms. The number of rotatable bonds is 2. The fraction of sp³-hybridized carbons (Fsp3) is 0.375. The fourth-order valence-corrected chi connectivity index (χ4v) is 3.06. The van der Waals surface area contributed by atoms with Crippen LogP contribution in [0.1, 0.15) is 41.9 Å². The maximum atomic E-state index is 12.8. The number of hydrogen-bond donors (Lipinski definition) is 1. The monoisotopic (exact) mass is 310 g/mol. The molecule has 3 heterocycles. The lowest BCUT2D eigenvalue weighted by atomic mass is 10.2. The predicted molar refractivity (Wildman–Crippen MR) is 84.9 cm³/mol. The third kappa shape index (κ3) is 2.19. The number of carbonyl (C=O) groups excluding carboxylic acids is 1. The van der Waals surface area contributed by atoms with Crippen molar-refractivity contribution in [2.45, 2.75) is 32.9 Å². The topological polar surface area (TPSA) is 79.7 Å². The van der Waals surface area contributed by atoms with E-state index < -0.39 is 0 Å². The zero-order valence-electron chi connectivity index (χ0n) is 13.2. The van der Waals surface area contributed by atoms with Gasteiger partial charge in [0.1, 0.15) is 5.82 Å². The van der Waals surface area contributed by atoms with E-state index in [-0.39, 0.29) is 5.91 Å². The van der Waals surface area contributed by atoms with Crippen molar-refractivity contribution < 1.29 is 4.79 Å². The van der Waals surface area contributed by atoms with Gasteiger partial charge in [-0.3, -0.25) is 9.89 Å². The van der Waals surface area contributed by atoms with Crippen molar-refractivity contribution in [3.05, 3.63) is 41.6 Å². The summed E-state index contributed by atoms with van der Waals surface area (Å²) in [6.07, 6.45) is 0. The number of benzene rings is 1. The van der Waals surface area contributed by atoms with E-state index in [4.69, 9.17) is 0 Å². The number of H-pyrrole nitrogens is 1. The van der Waals surface area contributed by atoms with Gasteiger partial charge in [-0.05, 0) is 6.07 Å². The van der Waals surface area contributed by atoms with E-state index >= 15 is 0 Å². The average molecular weight is 310 g/mol. The largest absolute Gasteiger partial charge is 0.328 e. The van der Waals surface area contributed by atoms with Gasteiger partial charge in [-0.25, -0.2) is 0 Å². The van der Waals surface area contributed by atoms with Crippen LogP contribution in [-0.2, 0) is 13.1 Å². The molecule has 0 fully saturated rings. The summed E-state index contributed by atoms with van der Waals surface area (Å²) < 4.78 is 2.12. The van der Waals surface area contributed by atoms with E-state index in [0.29, 0.717) is 24.7 Å². The summed E-state index contributed by atoms with van der Waals surface area (Å²) in [5.74, 6) is 2.09. The maximum Gasteiger partial charge on any atom is 0.275 e. The van der Waals surface area contributed by atoms with E-state index in [1.54, 1.807) is 4.90 Å². The Balaban J connectivity index is 1.63. The van der Waals surface area contributed by atoms with Crippen molar-refractivity contribution in [2.24, 2.45) is 0 Å². The van der Waals surface area contributed by atoms with Gasteiger partial charge in [0.25, 0.3) is 5.91 Å². The van der Waals surface area contributed by atoms with Crippen LogP contribution in [0.3, 0.4) is 0 Å². The minimum Gasteiger partial charge on any atom is -0.328 e. The smallest absolute Gasteiger partial charge is 0.275 e. The van der Waals surface area contributed by atoms with Gasteiger partial charge in [-0.1, -0.05) is 32.0 Å². The highest BCUT2D eigenvalue weighted by molar-refractivity contribution is 6.04. The first-order valence-electron chi connectivity index (χ1n) is 7.79. The second-order valence-corrected chi connectivity index (χ2v) is 6.13. The van der Waals surface area contributed by atoms with Gasteiger partial charge in [0.15, 0.2) is 11.5 Å². The summed E-state index contributed by atoms with van der Waals surface area (Å²) in [6, 6.07) is 7.66. The minimum atomic E-state index is -0.0669. The quantitative estimate of drug-likeness (QED) is 0.784. The van der Waals surface area contributed by atoms with Crippen LogP contribution in [0.2, 0.25) is 0 Å². The zero-order valence-corrected chi connectivity index (χ0v) is 13.2. The number of aromatic amines is 1. The van der Waals surface area contributed by atoms with Crippen LogP contribution >= 0.6 is 0 Å². The molecule has 0 saturated carbocycles. The first-order valence-corrected chi connectivity index (χ1v) is 7.79. The van der Waals surface area contributed by atoms with Crippen LogP contribution in [0.15, 0.2) is 24.3 Å². The summed E-state index contributed by atoms with van der Waals surface area (Å²) in [5.41, 5.74) is 1.34. The predicted octanol–water partition coefficient (Wildman–Crippen LogP) is 1.93. The highest BCUT2D eigenvalue weighted by atomic mass is 16.2. The first kappa shape index (κ1) is 13.9. The van der Waals surface area contributed by atoms with Crippen molar-refractivity contribution in [3.8, 4) is 0 Å². The molecular weight excluding hydrogens is 292 g/mol. The van der Waals surface area contributed by atoms with Crippen molar-refractivity contribution in [2.75, 3.05) is 6.54 Å². The third-order valence-corrected chi connectivity index (χ3v) is 4.26. The van der Waals surface area contributed by atoms with Crippen molar-refractivity contribution in [3.63, 3.8) is 0 Å². The Morgan fingerprint density at radius 3 is 2.87 bits per heavy atom. The number of carbonyl (C=O) groups is 1. The van der Waals surface area contributed by atoms with Crippen LogP contribution in [0, 0.1) is 0 Å². The molecule has 0 bridgehead atoms. The Hall–Kier alpha value is -2.70. The summed E-state index contributed by atoms with van der Waals surface area (Å²) in [7, 11) is 0. The van der Waals surface area contributed by atoms with Gasteiger partial charge in [0, 0.05) is 24.4 Å². The van der Waals surface area contributed by atoms with Gasteiger partial charge >= 0.3 is 0 Å². The van der Waals surface area contributed by atoms with Gasteiger partial charge in [-0.15, -0.1) is 10.2 Å². The van der Waals surface area contributed by atoms with Crippen LogP contribution in [0.5, 0.6) is 0 Å². The number of aromatic nitrogens is 5. The van der Waals surface area contributed by atoms with Crippen LogP contribution in [0.25, 0.3) is 10.9 Å². The van der Waals surface area contributed by atoms with Crippen molar-refractivity contribution in [1.29, 1.82) is 0 Å².